The van der Waals surface area contributed by atoms with Crippen LogP contribution in [0.3, 0.4) is 0 Å². The molecule has 94 valence electrons. The van der Waals surface area contributed by atoms with Crippen molar-refractivity contribution in [2.24, 2.45) is 0 Å². The average Bonchev–Trinajstić information content (AvgIpc) is 2.65. The lowest BCUT2D eigenvalue weighted by molar-refractivity contribution is -0.164. The van der Waals surface area contributed by atoms with E-state index in [0.29, 0.717) is 13.0 Å². The first-order valence-electron chi connectivity index (χ1n) is 6.41. The zero-order chi connectivity index (χ0) is 12.8. The fourth-order valence-electron chi connectivity index (χ4n) is 2.91. The Bertz CT molecular complexity index is 526. The van der Waals surface area contributed by atoms with Gasteiger partial charge in [0.2, 0.25) is 5.91 Å². The molecule has 0 radical (unpaired) electrons. The predicted octanol–water partition coefficient (Wildman–Crippen LogP) is 1.87. The number of β-lactam (4-membered cyclic amide) rings is 1. The molecule has 0 aromatic heterocycles. The number of fused-ring (bicyclic) bond motifs is 2. The minimum atomic E-state index is -0.719. The first-order chi connectivity index (χ1) is 8.70. The van der Waals surface area contributed by atoms with Gasteiger partial charge in [0, 0.05) is 17.8 Å². The summed E-state index contributed by atoms with van der Waals surface area (Å²) in [7, 11) is 0. The van der Waals surface area contributed by atoms with E-state index in [0.717, 1.165) is 24.1 Å². The second kappa shape index (κ2) is 3.83. The van der Waals surface area contributed by atoms with E-state index >= 15 is 0 Å². The monoisotopic (exact) mass is 244 g/mol. The number of amides is 2. The smallest absolute Gasteiger partial charge is 0.255 e. The van der Waals surface area contributed by atoms with Crippen molar-refractivity contribution in [3.05, 3.63) is 29.8 Å². The van der Waals surface area contributed by atoms with Crippen LogP contribution in [0.4, 0.5) is 5.69 Å². The fourth-order valence-corrected chi connectivity index (χ4v) is 2.91. The zero-order valence-corrected chi connectivity index (χ0v) is 10.4. The second-order valence-electron chi connectivity index (χ2n) is 4.94. The van der Waals surface area contributed by atoms with Crippen molar-refractivity contribution in [1.82, 2.24) is 4.90 Å². The molecular formula is C14H16N2O2. The lowest BCUT2D eigenvalue weighted by atomic mass is 9.78. The van der Waals surface area contributed by atoms with E-state index in [2.05, 4.69) is 12.2 Å². The molecule has 1 saturated heterocycles. The molecule has 4 heteroatoms. The molecule has 1 aromatic rings. The van der Waals surface area contributed by atoms with Crippen LogP contribution in [0.5, 0.6) is 0 Å². The Kier molecular flexibility index (Phi) is 2.40. The molecule has 2 aliphatic rings. The number of nitrogens with zero attached hydrogens (tertiary/aromatic N) is 1. The van der Waals surface area contributed by atoms with E-state index in [9.17, 15) is 9.59 Å². The maximum Gasteiger partial charge on any atom is 0.255 e. The minimum absolute atomic E-state index is 0.0561. The maximum atomic E-state index is 12.2. The van der Waals surface area contributed by atoms with Gasteiger partial charge in [-0.05, 0) is 12.5 Å². The van der Waals surface area contributed by atoms with E-state index in [1.807, 2.05) is 24.3 Å². The highest BCUT2D eigenvalue weighted by atomic mass is 16.2. The number of carbonyl (C=O) groups is 2. The average molecular weight is 244 g/mol. The number of rotatable bonds is 3. The van der Waals surface area contributed by atoms with Gasteiger partial charge < -0.3 is 10.2 Å². The third kappa shape index (κ3) is 1.26. The third-order valence-electron chi connectivity index (χ3n) is 3.90. The van der Waals surface area contributed by atoms with Gasteiger partial charge in [0.05, 0.1) is 6.42 Å². The van der Waals surface area contributed by atoms with Gasteiger partial charge in [0.1, 0.15) is 0 Å². The molecule has 0 aliphatic carbocycles. The van der Waals surface area contributed by atoms with E-state index in [4.69, 9.17) is 0 Å². The van der Waals surface area contributed by atoms with E-state index in [-0.39, 0.29) is 11.8 Å². The lowest BCUT2D eigenvalue weighted by Crippen LogP contribution is -2.64. The summed E-state index contributed by atoms with van der Waals surface area (Å²) in [5, 5.41) is 2.88. The molecule has 2 heterocycles. The summed E-state index contributed by atoms with van der Waals surface area (Å²) in [5.74, 6) is 0.0229. The van der Waals surface area contributed by atoms with Gasteiger partial charge in [-0.3, -0.25) is 9.59 Å². The number of benzene rings is 1. The van der Waals surface area contributed by atoms with E-state index in [1.54, 1.807) is 4.90 Å². The van der Waals surface area contributed by atoms with E-state index in [1.165, 1.54) is 0 Å². The molecule has 0 bridgehead atoms. The molecule has 3 rings (SSSR count). The minimum Gasteiger partial charge on any atom is -0.323 e. The van der Waals surface area contributed by atoms with Gasteiger partial charge in [-0.1, -0.05) is 31.5 Å². The number of para-hydroxylation sites is 1. The highest BCUT2D eigenvalue weighted by Crippen LogP contribution is 2.49. The number of hydrogen-bond donors (Lipinski definition) is 1. The molecule has 2 aliphatic heterocycles. The first-order valence-corrected chi connectivity index (χ1v) is 6.41. The molecule has 1 unspecified atom stereocenters. The second-order valence-corrected chi connectivity index (χ2v) is 4.94. The van der Waals surface area contributed by atoms with Gasteiger partial charge in [-0.25, -0.2) is 0 Å². The number of likely N-dealkylation sites (tertiary alicyclic amines) is 1. The van der Waals surface area contributed by atoms with Crippen LogP contribution in [0, 0.1) is 0 Å². The largest absolute Gasteiger partial charge is 0.323 e. The van der Waals surface area contributed by atoms with Crippen molar-refractivity contribution >= 4 is 17.5 Å². The Balaban J connectivity index is 2.00. The summed E-state index contributed by atoms with van der Waals surface area (Å²) in [4.78, 5) is 25.8. The van der Waals surface area contributed by atoms with Crippen LogP contribution in [0.1, 0.15) is 31.7 Å². The Labute approximate surface area is 106 Å². The molecular weight excluding hydrogens is 228 g/mol. The topological polar surface area (TPSA) is 49.4 Å². The summed E-state index contributed by atoms with van der Waals surface area (Å²) >= 11 is 0. The molecule has 18 heavy (non-hydrogen) atoms. The third-order valence-corrected chi connectivity index (χ3v) is 3.90. The molecule has 2 amide bonds. The Morgan fingerprint density at radius 2 is 2.11 bits per heavy atom. The predicted molar refractivity (Wildman–Crippen MR) is 68.0 cm³/mol. The molecule has 1 aromatic carbocycles. The molecule has 1 spiro atoms. The van der Waals surface area contributed by atoms with E-state index < -0.39 is 5.54 Å². The molecule has 1 N–H and O–H groups in total. The number of nitrogens with one attached hydrogen (secondary N) is 1. The Morgan fingerprint density at radius 3 is 2.83 bits per heavy atom. The van der Waals surface area contributed by atoms with Crippen LogP contribution in [-0.2, 0) is 15.1 Å². The number of hydrogen-bond acceptors (Lipinski definition) is 2. The van der Waals surface area contributed by atoms with Crippen LogP contribution in [0.25, 0.3) is 0 Å². The van der Waals surface area contributed by atoms with Crippen molar-refractivity contribution in [1.29, 1.82) is 0 Å². The normalized spacial score (nSPS) is 25.1. The maximum absolute atomic E-state index is 12.2. The van der Waals surface area contributed by atoms with Gasteiger partial charge in [0.15, 0.2) is 5.54 Å². The Morgan fingerprint density at radius 1 is 1.33 bits per heavy atom. The Hall–Kier alpha value is -1.84. The van der Waals surface area contributed by atoms with Crippen LogP contribution in [0.15, 0.2) is 24.3 Å². The van der Waals surface area contributed by atoms with Gasteiger partial charge in [0.25, 0.3) is 5.91 Å². The molecule has 1 fully saturated rings. The highest BCUT2D eigenvalue weighted by Gasteiger charge is 2.60. The first kappa shape index (κ1) is 11.3. The molecule has 0 saturated carbocycles. The van der Waals surface area contributed by atoms with Gasteiger partial charge in [-0.2, -0.15) is 0 Å². The standard InChI is InChI=1S/C14H16N2O2/c1-2-3-8-16-12(17)9-14(16)10-6-4-5-7-11(10)15-13(14)18/h4-7H,2-3,8-9H2,1H3,(H,15,18). The quantitative estimate of drug-likeness (QED) is 0.825. The summed E-state index contributed by atoms with van der Waals surface area (Å²) in [6, 6.07) is 7.65. The molecule has 1 atom stereocenters. The zero-order valence-electron chi connectivity index (χ0n) is 10.4. The number of carbonyl (C=O) groups excluding carboxylic acids is 2. The van der Waals surface area contributed by atoms with Gasteiger partial charge in [-0.15, -0.1) is 0 Å². The van der Waals surface area contributed by atoms with Gasteiger partial charge >= 0.3 is 0 Å². The van der Waals surface area contributed by atoms with Crippen molar-refractivity contribution in [2.75, 3.05) is 11.9 Å². The summed E-state index contributed by atoms with van der Waals surface area (Å²) in [5.41, 5.74) is 1.07. The summed E-state index contributed by atoms with van der Waals surface area (Å²) < 4.78 is 0. The summed E-state index contributed by atoms with van der Waals surface area (Å²) in [6.45, 7) is 2.75. The van der Waals surface area contributed by atoms with Crippen molar-refractivity contribution in [3.63, 3.8) is 0 Å². The lowest BCUT2D eigenvalue weighted by Gasteiger charge is -2.48. The van der Waals surface area contributed by atoms with Crippen LogP contribution in [0.2, 0.25) is 0 Å². The van der Waals surface area contributed by atoms with Crippen LogP contribution >= 0.6 is 0 Å². The number of anilines is 1. The van der Waals surface area contributed by atoms with Crippen LogP contribution in [-0.4, -0.2) is 23.3 Å². The summed E-state index contributed by atoms with van der Waals surface area (Å²) in [6.07, 6.45) is 2.26. The van der Waals surface area contributed by atoms with Crippen molar-refractivity contribution < 1.29 is 9.59 Å². The fraction of sp³-hybridized carbons (Fsp3) is 0.429. The number of unbranched alkanes of at least 4 members (excludes halogenated alkanes) is 1. The molecule has 4 nitrogen and oxygen atoms in total. The van der Waals surface area contributed by atoms with Crippen LogP contribution < -0.4 is 5.32 Å². The van der Waals surface area contributed by atoms with Crippen molar-refractivity contribution in [2.45, 2.75) is 31.7 Å². The SMILES string of the molecule is CCCCN1C(=O)CC12C(=O)Nc1ccccc12. The highest BCUT2D eigenvalue weighted by molar-refractivity contribution is 6.13. The van der Waals surface area contributed by atoms with Crippen molar-refractivity contribution in [3.8, 4) is 0 Å².